The Bertz CT molecular complexity index is 654. The Morgan fingerprint density at radius 2 is 1.96 bits per heavy atom. The van der Waals surface area contributed by atoms with Crippen molar-refractivity contribution in [2.75, 3.05) is 26.2 Å². The average Bonchev–Trinajstić information content (AvgIpc) is 3.30. The molecule has 0 spiro atoms. The molecule has 4 rings (SSSR count). The minimum absolute atomic E-state index is 0.00358. The molecule has 1 aromatic heterocycles. The molecule has 0 bridgehead atoms. The van der Waals surface area contributed by atoms with Crippen LogP contribution in [0.3, 0.4) is 0 Å². The highest BCUT2D eigenvalue weighted by molar-refractivity contribution is 5.94. The summed E-state index contributed by atoms with van der Waals surface area (Å²) < 4.78 is 6.07. The highest BCUT2D eigenvalue weighted by atomic mass is 16.5. The summed E-state index contributed by atoms with van der Waals surface area (Å²) in [5.41, 5.74) is 1.52. The van der Waals surface area contributed by atoms with Crippen molar-refractivity contribution in [2.24, 2.45) is 5.92 Å². The minimum atomic E-state index is -0.316. The number of rotatable bonds is 2. The number of carbonyl (C=O) groups excluding carboxylic acids is 2. The molecule has 3 aliphatic rings. The van der Waals surface area contributed by atoms with Crippen LogP contribution in [-0.4, -0.2) is 65.0 Å². The Balaban J connectivity index is 1.38. The fourth-order valence-electron chi connectivity index (χ4n) is 4.19. The Morgan fingerprint density at radius 1 is 1.16 bits per heavy atom. The van der Waals surface area contributed by atoms with Crippen LogP contribution in [0.1, 0.15) is 41.7 Å². The summed E-state index contributed by atoms with van der Waals surface area (Å²) in [4.78, 5) is 33.2. The van der Waals surface area contributed by atoms with Gasteiger partial charge in [0.15, 0.2) is 0 Å². The van der Waals surface area contributed by atoms with Gasteiger partial charge in [-0.2, -0.15) is 0 Å². The van der Waals surface area contributed by atoms with Gasteiger partial charge in [-0.25, -0.2) is 0 Å². The van der Waals surface area contributed by atoms with Gasteiger partial charge in [0.1, 0.15) is 6.10 Å². The van der Waals surface area contributed by atoms with Crippen LogP contribution in [0.2, 0.25) is 0 Å². The third kappa shape index (κ3) is 3.27. The van der Waals surface area contributed by atoms with E-state index in [0.29, 0.717) is 18.0 Å². The number of fused-ring (bicyclic) bond motifs is 1. The Hall–Kier alpha value is -1.95. The summed E-state index contributed by atoms with van der Waals surface area (Å²) >= 11 is 0. The van der Waals surface area contributed by atoms with E-state index in [1.54, 1.807) is 6.20 Å². The number of aryl methyl sites for hydroxylation is 1. The summed E-state index contributed by atoms with van der Waals surface area (Å²) in [7, 11) is 0. The SMILES string of the molecule is Cc1ccc(C(=O)N2CC[C@H]3C[C@H](C(=O)N4CCCC4)O[C@@H]3C2)cn1. The Morgan fingerprint density at radius 3 is 2.68 bits per heavy atom. The van der Waals surface area contributed by atoms with E-state index in [4.69, 9.17) is 4.74 Å². The molecular formula is C19H25N3O3. The van der Waals surface area contributed by atoms with Gasteiger partial charge in [-0.3, -0.25) is 14.6 Å². The molecule has 0 aliphatic carbocycles. The van der Waals surface area contributed by atoms with E-state index in [1.165, 1.54) is 0 Å². The maximum absolute atomic E-state index is 12.7. The Kier molecular flexibility index (Phi) is 4.46. The first-order valence-corrected chi connectivity index (χ1v) is 9.28. The van der Waals surface area contributed by atoms with Crippen LogP contribution < -0.4 is 0 Å². The zero-order valence-electron chi connectivity index (χ0n) is 14.7. The summed E-state index contributed by atoms with van der Waals surface area (Å²) in [6, 6.07) is 3.68. The van der Waals surface area contributed by atoms with Gasteiger partial charge < -0.3 is 14.5 Å². The highest BCUT2D eigenvalue weighted by Gasteiger charge is 2.44. The smallest absolute Gasteiger partial charge is 0.255 e. The number of likely N-dealkylation sites (tertiary alicyclic amines) is 2. The molecular weight excluding hydrogens is 318 g/mol. The molecule has 0 saturated carbocycles. The van der Waals surface area contributed by atoms with Gasteiger partial charge in [-0.1, -0.05) is 0 Å². The van der Waals surface area contributed by atoms with Crippen molar-refractivity contribution in [1.82, 2.24) is 14.8 Å². The van der Waals surface area contributed by atoms with E-state index in [0.717, 1.165) is 51.0 Å². The van der Waals surface area contributed by atoms with Crippen molar-refractivity contribution < 1.29 is 14.3 Å². The molecule has 0 radical (unpaired) electrons. The largest absolute Gasteiger partial charge is 0.363 e. The first-order chi connectivity index (χ1) is 12.1. The van der Waals surface area contributed by atoms with Gasteiger partial charge in [0.05, 0.1) is 11.7 Å². The second-order valence-electron chi connectivity index (χ2n) is 7.42. The second-order valence-corrected chi connectivity index (χ2v) is 7.42. The number of hydrogen-bond donors (Lipinski definition) is 0. The molecule has 3 aliphatic heterocycles. The van der Waals surface area contributed by atoms with Crippen LogP contribution in [-0.2, 0) is 9.53 Å². The van der Waals surface area contributed by atoms with Crippen LogP contribution in [0.5, 0.6) is 0 Å². The van der Waals surface area contributed by atoms with E-state index in [-0.39, 0.29) is 24.0 Å². The standard InChI is InChI=1S/C19H25N3O3/c1-13-4-5-15(11-20-13)18(23)22-9-6-14-10-16(25-17(14)12-22)19(24)21-7-2-3-8-21/h4-5,11,14,16-17H,2-3,6-10,12H2,1H3/t14-,16+,17+/m0/s1. The number of ether oxygens (including phenoxy) is 1. The number of amides is 2. The van der Waals surface area contributed by atoms with E-state index in [1.807, 2.05) is 28.9 Å². The molecule has 1 aromatic rings. The van der Waals surface area contributed by atoms with Crippen LogP contribution in [0.4, 0.5) is 0 Å². The van der Waals surface area contributed by atoms with Gasteiger partial charge in [0, 0.05) is 38.1 Å². The number of pyridine rings is 1. The monoisotopic (exact) mass is 343 g/mol. The number of aromatic nitrogens is 1. The van der Waals surface area contributed by atoms with E-state index >= 15 is 0 Å². The molecule has 134 valence electrons. The molecule has 3 fully saturated rings. The van der Waals surface area contributed by atoms with Crippen LogP contribution >= 0.6 is 0 Å². The van der Waals surface area contributed by atoms with Gasteiger partial charge >= 0.3 is 0 Å². The maximum Gasteiger partial charge on any atom is 0.255 e. The predicted molar refractivity (Wildman–Crippen MR) is 92.1 cm³/mol. The van der Waals surface area contributed by atoms with Crippen LogP contribution in [0.15, 0.2) is 18.3 Å². The van der Waals surface area contributed by atoms with Gasteiger partial charge in [-0.15, -0.1) is 0 Å². The molecule has 2 amide bonds. The predicted octanol–water partition coefficient (Wildman–Crippen LogP) is 1.63. The van der Waals surface area contributed by atoms with Gasteiger partial charge in [-0.05, 0) is 50.7 Å². The fraction of sp³-hybridized carbons (Fsp3) is 0.632. The molecule has 0 unspecified atom stereocenters. The summed E-state index contributed by atoms with van der Waals surface area (Å²) in [6.45, 7) is 4.92. The van der Waals surface area contributed by atoms with Crippen LogP contribution in [0, 0.1) is 12.8 Å². The normalized spacial score (nSPS) is 28.9. The quantitative estimate of drug-likeness (QED) is 0.819. The molecule has 0 N–H and O–H groups in total. The maximum atomic E-state index is 12.7. The minimum Gasteiger partial charge on any atom is -0.363 e. The number of nitrogens with zero attached hydrogens (tertiary/aromatic N) is 3. The zero-order chi connectivity index (χ0) is 17.4. The van der Waals surface area contributed by atoms with E-state index < -0.39 is 0 Å². The Labute approximate surface area is 148 Å². The van der Waals surface area contributed by atoms with Gasteiger partial charge in [0.2, 0.25) is 0 Å². The lowest BCUT2D eigenvalue weighted by Gasteiger charge is -2.34. The van der Waals surface area contributed by atoms with Crippen molar-refractivity contribution in [1.29, 1.82) is 0 Å². The van der Waals surface area contributed by atoms with Crippen molar-refractivity contribution in [2.45, 2.75) is 44.8 Å². The van der Waals surface area contributed by atoms with Crippen LogP contribution in [0.25, 0.3) is 0 Å². The molecule has 0 aromatic carbocycles. The lowest BCUT2D eigenvalue weighted by Crippen LogP contribution is -2.45. The average molecular weight is 343 g/mol. The first-order valence-electron chi connectivity index (χ1n) is 9.28. The van der Waals surface area contributed by atoms with Crippen molar-refractivity contribution in [3.63, 3.8) is 0 Å². The van der Waals surface area contributed by atoms with Gasteiger partial charge in [0.25, 0.3) is 11.8 Å². The summed E-state index contributed by atoms with van der Waals surface area (Å²) in [6.07, 6.45) is 5.19. The van der Waals surface area contributed by atoms with E-state index in [9.17, 15) is 9.59 Å². The second kappa shape index (κ2) is 6.75. The third-order valence-electron chi connectivity index (χ3n) is 5.69. The molecule has 4 heterocycles. The fourth-order valence-corrected chi connectivity index (χ4v) is 4.19. The lowest BCUT2D eigenvalue weighted by atomic mass is 9.91. The summed E-state index contributed by atoms with van der Waals surface area (Å²) in [5, 5.41) is 0. The van der Waals surface area contributed by atoms with Crippen molar-refractivity contribution in [3.05, 3.63) is 29.6 Å². The highest BCUT2D eigenvalue weighted by Crippen LogP contribution is 2.34. The molecule has 6 nitrogen and oxygen atoms in total. The molecule has 3 atom stereocenters. The molecule has 25 heavy (non-hydrogen) atoms. The number of carbonyl (C=O) groups is 2. The first kappa shape index (κ1) is 16.5. The number of piperidine rings is 1. The topological polar surface area (TPSA) is 62.7 Å². The summed E-state index contributed by atoms with van der Waals surface area (Å²) in [5.74, 6) is 0.535. The third-order valence-corrected chi connectivity index (χ3v) is 5.69. The molecule has 6 heteroatoms. The van der Waals surface area contributed by atoms with Crippen molar-refractivity contribution in [3.8, 4) is 0 Å². The lowest BCUT2D eigenvalue weighted by molar-refractivity contribution is -0.142. The zero-order valence-corrected chi connectivity index (χ0v) is 14.7. The number of hydrogen-bond acceptors (Lipinski definition) is 4. The van der Waals surface area contributed by atoms with Crippen molar-refractivity contribution >= 4 is 11.8 Å². The van der Waals surface area contributed by atoms with E-state index in [2.05, 4.69) is 4.98 Å². The molecule has 3 saturated heterocycles.